The molecular formula is C16H17Cl2N3O. The molecule has 4 nitrogen and oxygen atoms in total. The minimum absolute atomic E-state index is 0.304. The van der Waals surface area contributed by atoms with Gasteiger partial charge in [-0.3, -0.25) is 9.78 Å². The molecule has 1 aromatic carbocycles. The number of rotatable bonds is 6. The fourth-order valence-corrected chi connectivity index (χ4v) is 2.37. The van der Waals surface area contributed by atoms with Crippen molar-refractivity contribution in [1.82, 2.24) is 4.98 Å². The van der Waals surface area contributed by atoms with Gasteiger partial charge in [-0.2, -0.15) is 0 Å². The van der Waals surface area contributed by atoms with Crippen molar-refractivity contribution >= 4 is 40.5 Å². The smallest absolute Gasteiger partial charge is 0.257 e. The Hall–Kier alpha value is -1.78. The van der Waals surface area contributed by atoms with Gasteiger partial charge in [0.25, 0.3) is 5.91 Å². The van der Waals surface area contributed by atoms with E-state index in [0.29, 0.717) is 21.3 Å². The number of carbonyl (C=O) groups excluding carboxylic acids is 1. The number of para-hydroxylation sites is 1. The predicted octanol–water partition coefficient (Wildman–Crippen LogP) is 4.85. The monoisotopic (exact) mass is 337 g/mol. The number of pyridine rings is 1. The number of unbranched alkanes of at least 4 members (excludes halogenated alkanes) is 1. The van der Waals surface area contributed by atoms with E-state index < -0.39 is 0 Å². The van der Waals surface area contributed by atoms with Gasteiger partial charge in [-0.1, -0.05) is 42.6 Å². The van der Waals surface area contributed by atoms with Crippen LogP contribution in [0.25, 0.3) is 0 Å². The van der Waals surface area contributed by atoms with Gasteiger partial charge < -0.3 is 10.6 Å². The minimum Gasteiger partial charge on any atom is -0.384 e. The lowest BCUT2D eigenvalue weighted by Crippen LogP contribution is -2.13. The number of nitrogens with one attached hydrogen (secondary N) is 2. The summed E-state index contributed by atoms with van der Waals surface area (Å²) in [5.74, 6) is -0.304. The Balaban J connectivity index is 2.11. The molecule has 2 rings (SSSR count). The highest BCUT2D eigenvalue weighted by Gasteiger charge is 2.12. The van der Waals surface area contributed by atoms with Crippen LogP contribution in [-0.4, -0.2) is 17.4 Å². The zero-order valence-electron chi connectivity index (χ0n) is 12.2. The molecule has 6 heteroatoms. The van der Waals surface area contributed by atoms with Gasteiger partial charge in [0, 0.05) is 18.9 Å². The molecule has 0 fully saturated rings. The molecule has 1 heterocycles. The highest BCUT2D eigenvalue weighted by Crippen LogP contribution is 2.30. The summed E-state index contributed by atoms with van der Waals surface area (Å²) in [6.07, 6.45) is 5.36. The summed E-state index contributed by atoms with van der Waals surface area (Å²) >= 11 is 12.1. The lowest BCUT2D eigenvalue weighted by molar-refractivity contribution is 0.102. The minimum atomic E-state index is -0.304. The first kappa shape index (κ1) is 16.6. The van der Waals surface area contributed by atoms with Crippen LogP contribution in [0.15, 0.2) is 36.7 Å². The molecular weight excluding hydrogens is 321 g/mol. The summed E-state index contributed by atoms with van der Waals surface area (Å²) in [5, 5.41) is 6.74. The Bertz CT molecular complexity index is 641. The van der Waals surface area contributed by atoms with Crippen LogP contribution in [0.3, 0.4) is 0 Å². The van der Waals surface area contributed by atoms with Gasteiger partial charge in [0.05, 0.1) is 27.0 Å². The van der Waals surface area contributed by atoms with Gasteiger partial charge in [-0.25, -0.2) is 0 Å². The Labute approximate surface area is 139 Å². The summed E-state index contributed by atoms with van der Waals surface area (Å²) in [5.41, 5.74) is 1.66. The second-order valence-electron chi connectivity index (χ2n) is 4.79. The molecule has 0 aliphatic rings. The fourth-order valence-electron chi connectivity index (χ4n) is 1.87. The zero-order chi connectivity index (χ0) is 15.9. The number of hydrogen-bond acceptors (Lipinski definition) is 3. The van der Waals surface area contributed by atoms with E-state index in [0.717, 1.165) is 25.1 Å². The van der Waals surface area contributed by atoms with E-state index in [9.17, 15) is 4.79 Å². The van der Waals surface area contributed by atoms with Crippen molar-refractivity contribution in [2.45, 2.75) is 19.8 Å². The van der Waals surface area contributed by atoms with Crippen molar-refractivity contribution in [2.75, 3.05) is 17.2 Å². The Morgan fingerprint density at radius 1 is 1.23 bits per heavy atom. The number of halogens is 2. The van der Waals surface area contributed by atoms with E-state index in [-0.39, 0.29) is 5.91 Å². The Kier molecular flexibility index (Phi) is 6.04. The quantitative estimate of drug-likeness (QED) is 0.740. The van der Waals surface area contributed by atoms with Gasteiger partial charge in [0.15, 0.2) is 0 Å². The van der Waals surface area contributed by atoms with Crippen LogP contribution in [0.2, 0.25) is 10.0 Å². The molecule has 1 aromatic heterocycles. The standard InChI is InChI=1S/C16H17Cl2N3O/c1-2-3-7-20-12-8-11(9-19-10-12)16(22)21-15-13(17)5-4-6-14(15)18/h4-6,8-10,20H,2-3,7H2,1H3,(H,21,22). The number of amides is 1. The summed E-state index contributed by atoms with van der Waals surface area (Å²) in [7, 11) is 0. The number of hydrogen-bond donors (Lipinski definition) is 2. The van der Waals surface area contributed by atoms with E-state index in [1.807, 2.05) is 0 Å². The van der Waals surface area contributed by atoms with Crippen LogP contribution < -0.4 is 10.6 Å². The largest absolute Gasteiger partial charge is 0.384 e. The maximum absolute atomic E-state index is 12.3. The number of nitrogens with zero attached hydrogens (tertiary/aromatic N) is 1. The second kappa shape index (κ2) is 8.01. The molecule has 2 aromatic rings. The molecule has 22 heavy (non-hydrogen) atoms. The van der Waals surface area contributed by atoms with Crippen molar-refractivity contribution in [3.63, 3.8) is 0 Å². The third-order valence-corrected chi connectivity index (χ3v) is 3.69. The summed E-state index contributed by atoms with van der Waals surface area (Å²) in [4.78, 5) is 16.4. The summed E-state index contributed by atoms with van der Waals surface area (Å²) in [6, 6.07) is 6.82. The molecule has 0 saturated carbocycles. The van der Waals surface area contributed by atoms with E-state index in [4.69, 9.17) is 23.2 Å². The molecule has 0 saturated heterocycles. The number of anilines is 2. The molecule has 0 bridgehead atoms. The average molecular weight is 338 g/mol. The zero-order valence-corrected chi connectivity index (χ0v) is 13.7. The van der Waals surface area contributed by atoms with Gasteiger partial charge >= 0.3 is 0 Å². The molecule has 116 valence electrons. The van der Waals surface area contributed by atoms with Crippen molar-refractivity contribution in [3.05, 3.63) is 52.3 Å². The van der Waals surface area contributed by atoms with Crippen molar-refractivity contribution < 1.29 is 4.79 Å². The summed E-state index contributed by atoms with van der Waals surface area (Å²) in [6.45, 7) is 2.97. The third-order valence-electron chi connectivity index (χ3n) is 3.06. The Morgan fingerprint density at radius 3 is 2.64 bits per heavy atom. The predicted molar refractivity (Wildman–Crippen MR) is 92.0 cm³/mol. The first-order valence-corrected chi connectivity index (χ1v) is 7.81. The fraction of sp³-hybridized carbons (Fsp3) is 0.250. The van der Waals surface area contributed by atoms with Crippen LogP contribution in [0.4, 0.5) is 11.4 Å². The summed E-state index contributed by atoms with van der Waals surface area (Å²) < 4.78 is 0. The van der Waals surface area contributed by atoms with E-state index >= 15 is 0 Å². The van der Waals surface area contributed by atoms with Crippen LogP contribution in [0, 0.1) is 0 Å². The van der Waals surface area contributed by atoms with Crippen molar-refractivity contribution in [2.24, 2.45) is 0 Å². The lowest BCUT2D eigenvalue weighted by atomic mass is 10.2. The molecule has 0 aliphatic carbocycles. The molecule has 0 atom stereocenters. The average Bonchev–Trinajstić information content (AvgIpc) is 2.51. The number of carbonyl (C=O) groups is 1. The van der Waals surface area contributed by atoms with E-state index in [1.165, 1.54) is 6.20 Å². The normalized spacial score (nSPS) is 10.3. The van der Waals surface area contributed by atoms with Crippen LogP contribution in [0.5, 0.6) is 0 Å². The first-order chi connectivity index (χ1) is 10.6. The van der Waals surface area contributed by atoms with E-state index in [2.05, 4.69) is 22.5 Å². The van der Waals surface area contributed by atoms with Gasteiger partial charge in [-0.05, 0) is 24.6 Å². The van der Waals surface area contributed by atoms with Gasteiger partial charge in [0.2, 0.25) is 0 Å². The number of benzene rings is 1. The van der Waals surface area contributed by atoms with E-state index in [1.54, 1.807) is 30.5 Å². The SMILES string of the molecule is CCCCNc1cncc(C(=O)Nc2c(Cl)cccc2Cl)c1. The van der Waals surface area contributed by atoms with Crippen LogP contribution in [-0.2, 0) is 0 Å². The molecule has 0 spiro atoms. The number of aromatic nitrogens is 1. The highest BCUT2D eigenvalue weighted by molar-refractivity contribution is 6.40. The Morgan fingerprint density at radius 2 is 1.95 bits per heavy atom. The highest BCUT2D eigenvalue weighted by atomic mass is 35.5. The molecule has 0 unspecified atom stereocenters. The molecule has 2 N–H and O–H groups in total. The maximum Gasteiger partial charge on any atom is 0.257 e. The lowest BCUT2D eigenvalue weighted by Gasteiger charge is -2.10. The van der Waals surface area contributed by atoms with Gasteiger partial charge in [-0.15, -0.1) is 0 Å². The molecule has 0 aliphatic heterocycles. The maximum atomic E-state index is 12.3. The van der Waals surface area contributed by atoms with Crippen LogP contribution in [0.1, 0.15) is 30.1 Å². The topological polar surface area (TPSA) is 54.0 Å². The van der Waals surface area contributed by atoms with Crippen LogP contribution >= 0.6 is 23.2 Å². The van der Waals surface area contributed by atoms with Gasteiger partial charge in [0.1, 0.15) is 0 Å². The second-order valence-corrected chi connectivity index (χ2v) is 5.61. The van der Waals surface area contributed by atoms with Crippen molar-refractivity contribution in [3.8, 4) is 0 Å². The molecule has 1 amide bonds. The first-order valence-electron chi connectivity index (χ1n) is 7.06. The molecule has 0 radical (unpaired) electrons. The van der Waals surface area contributed by atoms with Crippen molar-refractivity contribution in [1.29, 1.82) is 0 Å². The third kappa shape index (κ3) is 4.36.